The molecule has 4 amide bonds. The molecule has 0 radical (unpaired) electrons. The number of hydrogen-bond acceptors (Lipinski definition) is 7. The van der Waals surface area contributed by atoms with Crippen molar-refractivity contribution in [3.8, 4) is 0 Å². The highest BCUT2D eigenvalue weighted by atomic mass is 19.4. The summed E-state index contributed by atoms with van der Waals surface area (Å²) in [4.78, 5) is 69.2. The van der Waals surface area contributed by atoms with Gasteiger partial charge in [0.15, 0.2) is 0 Å². The summed E-state index contributed by atoms with van der Waals surface area (Å²) in [6.45, 7) is 7.30. The zero-order valence-electron chi connectivity index (χ0n) is 29.3. The highest BCUT2D eigenvalue weighted by molar-refractivity contribution is 6.01. The Morgan fingerprint density at radius 1 is 0.827 bits per heavy atom. The molecule has 16 heteroatoms. The topological polar surface area (TPSA) is 134 Å². The first kappa shape index (κ1) is 40.3. The highest BCUT2D eigenvalue weighted by Gasteiger charge is 2.65. The summed E-state index contributed by atoms with van der Waals surface area (Å²) >= 11 is 0. The first-order chi connectivity index (χ1) is 24.4. The maximum Gasteiger partial charge on any atom is 0.461 e. The molecule has 2 aromatic rings. The number of hydrogen-bond donors (Lipinski definition) is 2. The van der Waals surface area contributed by atoms with Crippen molar-refractivity contribution in [3.63, 3.8) is 0 Å². The summed E-state index contributed by atoms with van der Waals surface area (Å²) in [6, 6.07) is 9.90. The monoisotopic (exact) mass is 738 g/mol. The number of amides is 4. The molecule has 1 unspecified atom stereocenters. The Morgan fingerprint density at radius 2 is 1.40 bits per heavy atom. The van der Waals surface area contributed by atoms with Crippen LogP contribution >= 0.6 is 0 Å². The number of nitrogens with one attached hydrogen (secondary N) is 2. The molecule has 52 heavy (non-hydrogen) atoms. The zero-order valence-corrected chi connectivity index (χ0v) is 29.3. The van der Waals surface area contributed by atoms with Gasteiger partial charge in [-0.05, 0) is 41.7 Å². The van der Waals surface area contributed by atoms with E-state index in [2.05, 4.69) is 5.32 Å². The van der Waals surface area contributed by atoms with Crippen LogP contribution in [0.25, 0.3) is 0 Å². The summed E-state index contributed by atoms with van der Waals surface area (Å²) in [5.74, 6) is -12.7. The molecule has 2 fully saturated rings. The van der Waals surface area contributed by atoms with Crippen molar-refractivity contribution in [3.05, 3.63) is 71.3 Å². The number of halogens is 5. The van der Waals surface area contributed by atoms with Crippen molar-refractivity contribution in [2.45, 2.75) is 77.1 Å². The van der Waals surface area contributed by atoms with Gasteiger partial charge in [-0.1, -0.05) is 58.0 Å². The molecule has 2 N–H and O–H groups in total. The minimum Gasteiger partial charge on any atom is -0.378 e. The summed E-state index contributed by atoms with van der Waals surface area (Å²) in [7, 11) is 0. The second-order valence-corrected chi connectivity index (χ2v) is 13.5. The minimum atomic E-state index is -6.19. The van der Waals surface area contributed by atoms with Crippen LogP contribution in [-0.4, -0.2) is 108 Å². The molecule has 2 heterocycles. The van der Waals surface area contributed by atoms with Crippen LogP contribution in [0.1, 0.15) is 60.4 Å². The van der Waals surface area contributed by atoms with Gasteiger partial charge in [0.2, 0.25) is 17.6 Å². The molecule has 4 atom stereocenters. The van der Waals surface area contributed by atoms with Crippen LogP contribution < -0.4 is 10.6 Å². The third-order valence-electron chi connectivity index (χ3n) is 9.00. The molecule has 2 aliphatic heterocycles. The third-order valence-corrected chi connectivity index (χ3v) is 9.00. The Kier molecular flexibility index (Phi) is 13.1. The van der Waals surface area contributed by atoms with Gasteiger partial charge in [-0.15, -0.1) is 0 Å². The molecule has 11 nitrogen and oxygen atoms in total. The predicted octanol–water partition coefficient (Wildman–Crippen LogP) is 4.01. The second kappa shape index (κ2) is 16.9. The summed E-state index contributed by atoms with van der Waals surface area (Å²) in [5, 5.41) is 4.72. The van der Waals surface area contributed by atoms with Crippen LogP contribution in [0.4, 0.5) is 22.0 Å². The maximum absolute atomic E-state index is 14.1. The summed E-state index contributed by atoms with van der Waals surface area (Å²) in [5.41, 5.74) is 1.27. The number of rotatable bonds is 13. The van der Waals surface area contributed by atoms with Crippen molar-refractivity contribution in [2.75, 3.05) is 32.8 Å². The summed E-state index contributed by atoms with van der Waals surface area (Å²) in [6.07, 6.45) is -7.13. The molecule has 0 aromatic heterocycles. The molecule has 284 valence electrons. The van der Waals surface area contributed by atoms with Crippen molar-refractivity contribution >= 4 is 29.4 Å². The molecular formula is C36H43F5N4O7. The Morgan fingerprint density at radius 3 is 1.96 bits per heavy atom. The number of ketones is 1. The Labute approximate surface area is 298 Å². The van der Waals surface area contributed by atoms with E-state index in [0.29, 0.717) is 31.9 Å². The fourth-order valence-corrected chi connectivity index (χ4v) is 5.95. The van der Waals surface area contributed by atoms with E-state index in [1.807, 2.05) is 5.32 Å². The SMILES string of the molecule is CC(C)C(NC(=O)[C@@H]1C[C@@H](OCc2ccccc2)CN1C(=O)[C@@H](NC(=O)c1ccc(C(=O)N2CCOCC2)cc1)C(C)C)C(=O)C(F)(F)C(F)(F)F. The number of likely N-dealkylation sites (tertiary alicyclic amines) is 1. The normalized spacial score (nSPS) is 19.4. The molecule has 2 saturated heterocycles. The van der Waals surface area contributed by atoms with Gasteiger partial charge in [0.1, 0.15) is 12.1 Å². The largest absolute Gasteiger partial charge is 0.461 e. The van der Waals surface area contributed by atoms with E-state index in [4.69, 9.17) is 9.47 Å². The van der Waals surface area contributed by atoms with Gasteiger partial charge in [0, 0.05) is 37.2 Å². The van der Waals surface area contributed by atoms with Gasteiger partial charge in [-0.3, -0.25) is 24.0 Å². The fourth-order valence-electron chi connectivity index (χ4n) is 5.95. The third kappa shape index (κ3) is 9.50. The average molecular weight is 739 g/mol. The Hall–Kier alpha value is -4.44. The standard InChI is InChI=1S/C36H43F5N4O7/c1-21(2)28(30(46)35(37,38)36(39,40)41)42-32(48)27-18-26(52-20-23-8-6-5-7-9-23)19-45(27)34(50)29(22(3)4)43-31(47)24-10-12-25(13-11-24)33(49)44-14-16-51-17-15-44/h5-13,21-22,26-29H,14-20H2,1-4H3,(H,42,48)(H,43,47)/t26-,27+,28?,29+/m1/s1. The van der Waals surface area contributed by atoms with Gasteiger partial charge >= 0.3 is 12.1 Å². The fraction of sp³-hybridized carbons (Fsp3) is 0.528. The van der Waals surface area contributed by atoms with Gasteiger partial charge in [0.05, 0.1) is 32.0 Å². The van der Waals surface area contributed by atoms with E-state index in [1.54, 1.807) is 49.1 Å². The lowest BCUT2D eigenvalue weighted by molar-refractivity contribution is -0.270. The van der Waals surface area contributed by atoms with Crippen molar-refractivity contribution in [2.24, 2.45) is 11.8 Å². The van der Waals surface area contributed by atoms with Crippen LogP contribution in [0.3, 0.4) is 0 Å². The summed E-state index contributed by atoms with van der Waals surface area (Å²) < 4.78 is 78.8. The van der Waals surface area contributed by atoms with Crippen molar-refractivity contribution < 1.29 is 55.4 Å². The Balaban J connectivity index is 1.54. The van der Waals surface area contributed by atoms with Gasteiger partial charge in [0.25, 0.3) is 11.8 Å². The van der Waals surface area contributed by atoms with E-state index in [9.17, 15) is 45.9 Å². The Bertz CT molecular complexity index is 1580. The number of ether oxygens (including phenoxy) is 2. The average Bonchev–Trinajstić information content (AvgIpc) is 3.55. The number of benzene rings is 2. The van der Waals surface area contributed by atoms with Crippen LogP contribution in [0.2, 0.25) is 0 Å². The second-order valence-electron chi connectivity index (χ2n) is 13.5. The smallest absolute Gasteiger partial charge is 0.378 e. The predicted molar refractivity (Wildman–Crippen MR) is 177 cm³/mol. The van der Waals surface area contributed by atoms with Crippen molar-refractivity contribution in [1.29, 1.82) is 0 Å². The molecule has 0 bridgehead atoms. The number of nitrogens with zero attached hydrogens (tertiary/aromatic N) is 2. The number of carbonyl (C=O) groups excluding carboxylic acids is 5. The number of carbonyl (C=O) groups is 5. The first-order valence-electron chi connectivity index (χ1n) is 17.0. The lowest BCUT2D eigenvalue weighted by Gasteiger charge is -2.32. The van der Waals surface area contributed by atoms with Crippen LogP contribution in [0, 0.1) is 11.8 Å². The van der Waals surface area contributed by atoms with E-state index in [0.717, 1.165) is 10.5 Å². The van der Waals surface area contributed by atoms with Gasteiger partial charge < -0.3 is 29.9 Å². The number of morpholine rings is 1. The highest BCUT2D eigenvalue weighted by Crippen LogP contribution is 2.38. The van der Waals surface area contributed by atoms with E-state index in [-0.39, 0.29) is 31.0 Å². The lowest BCUT2D eigenvalue weighted by Crippen LogP contribution is -2.60. The van der Waals surface area contributed by atoms with E-state index < -0.39 is 71.7 Å². The molecule has 0 spiro atoms. The zero-order chi connectivity index (χ0) is 38.4. The first-order valence-corrected chi connectivity index (χ1v) is 17.0. The van der Waals surface area contributed by atoms with Crippen molar-refractivity contribution in [1.82, 2.24) is 20.4 Å². The quantitative estimate of drug-likeness (QED) is 0.297. The number of Topliss-reactive ketones (excluding diaryl/α,β-unsaturated/α-hetero) is 1. The minimum absolute atomic E-state index is 0.0845. The van der Waals surface area contributed by atoms with E-state index >= 15 is 0 Å². The number of alkyl halides is 5. The molecule has 2 aliphatic rings. The molecule has 2 aromatic carbocycles. The molecule has 4 rings (SSSR count). The molecule has 0 saturated carbocycles. The maximum atomic E-state index is 14.1. The lowest BCUT2D eigenvalue weighted by atomic mass is 9.95. The van der Waals surface area contributed by atoms with Crippen LogP contribution in [-0.2, 0) is 30.5 Å². The van der Waals surface area contributed by atoms with Gasteiger partial charge in [-0.2, -0.15) is 22.0 Å². The van der Waals surface area contributed by atoms with E-state index in [1.165, 1.54) is 38.1 Å². The van der Waals surface area contributed by atoms with Crippen LogP contribution in [0.5, 0.6) is 0 Å². The molecular weight excluding hydrogens is 695 g/mol. The molecule has 0 aliphatic carbocycles. The van der Waals surface area contributed by atoms with Crippen LogP contribution in [0.15, 0.2) is 54.6 Å². The van der Waals surface area contributed by atoms with Gasteiger partial charge in [-0.25, -0.2) is 0 Å².